The second-order valence-corrected chi connectivity index (χ2v) is 7.17. The van der Waals surface area contributed by atoms with E-state index in [0.717, 1.165) is 58.2 Å². The van der Waals surface area contributed by atoms with Gasteiger partial charge in [0.05, 0.1) is 6.04 Å². The van der Waals surface area contributed by atoms with Crippen LogP contribution in [0.1, 0.15) is 39.0 Å². The van der Waals surface area contributed by atoms with E-state index in [4.69, 9.17) is 0 Å². The summed E-state index contributed by atoms with van der Waals surface area (Å²) in [5.74, 6) is 0.966. The molecule has 1 amide bonds. The molecule has 1 aliphatic carbocycles. The molecule has 0 aromatic rings. The number of nitrogens with one attached hydrogen (secondary N) is 2. The Morgan fingerprint density at radius 1 is 1.14 bits per heavy atom. The molecule has 2 heterocycles. The second kappa shape index (κ2) is 7.75. The molecule has 3 aliphatic rings. The Balaban J connectivity index is 1.33. The topological polar surface area (TPSA) is 47.6 Å². The molecule has 2 N–H and O–H groups in total. The summed E-state index contributed by atoms with van der Waals surface area (Å²) >= 11 is 0. The van der Waals surface area contributed by atoms with Crippen molar-refractivity contribution in [2.75, 3.05) is 45.8 Å². The first-order valence-electron chi connectivity index (χ1n) is 9.24. The highest BCUT2D eigenvalue weighted by Crippen LogP contribution is 2.33. The summed E-state index contributed by atoms with van der Waals surface area (Å²) in [5.41, 5.74) is 0. The molecule has 2 aliphatic heterocycles. The maximum Gasteiger partial charge on any atom is 0.237 e. The van der Waals surface area contributed by atoms with Crippen LogP contribution >= 0.6 is 0 Å². The SMILES string of the molecule is CCN1CCN(CCNC(=O)C2CC3CCCCC3N2)CC1. The van der Waals surface area contributed by atoms with Gasteiger partial charge in [-0.15, -0.1) is 0 Å². The molecule has 2 saturated heterocycles. The van der Waals surface area contributed by atoms with Gasteiger partial charge < -0.3 is 15.5 Å². The summed E-state index contributed by atoms with van der Waals surface area (Å²) < 4.78 is 0. The normalized spacial score (nSPS) is 33.6. The number of rotatable bonds is 5. The van der Waals surface area contributed by atoms with Crippen molar-refractivity contribution in [2.24, 2.45) is 5.92 Å². The molecule has 5 heteroatoms. The first-order chi connectivity index (χ1) is 10.8. The van der Waals surface area contributed by atoms with Crippen molar-refractivity contribution in [3.05, 3.63) is 0 Å². The molecule has 3 atom stereocenters. The van der Waals surface area contributed by atoms with Crippen LogP contribution in [0.15, 0.2) is 0 Å². The summed E-state index contributed by atoms with van der Waals surface area (Å²) in [5, 5.41) is 6.71. The lowest BCUT2D eigenvalue weighted by Crippen LogP contribution is -2.49. The van der Waals surface area contributed by atoms with Gasteiger partial charge in [0, 0.05) is 45.3 Å². The van der Waals surface area contributed by atoms with Crippen LogP contribution < -0.4 is 10.6 Å². The minimum atomic E-state index is 0.0602. The van der Waals surface area contributed by atoms with Crippen molar-refractivity contribution >= 4 is 5.91 Å². The number of hydrogen-bond acceptors (Lipinski definition) is 4. The monoisotopic (exact) mass is 308 g/mol. The lowest BCUT2D eigenvalue weighted by molar-refractivity contribution is -0.122. The zero-order valence-corrected chi connectivity index (χ0v) is 14.0. The van der Waals surface area contributed by atoms with E-state index in [1.807, 2.05) is 0 Å². The van der Waals surface area contributed by atoms with E-state index in [2.05, 4.69) is 27.4 Å². The summed E-state index contributed by atoms with van der Waals surface area (Å²) in [4.78, 5) is 17.3. The van der Waals surface area contributed by atoms with Gasteiger partial charge in [-0.2, -0.15) is 0 Å². The Morgan fingerprint density at radius 2 is 1.86 bits per heavy atom. The molecule has 0 aromatic carbocycles. The quantitative estimate of drug-likeness (QED) is 0.783. The van der Waals surface area contributed by atoms with Gasteiger partial charge in [0.25, 0.3) is 0 Å². The molecule has 0 radical (unpaired) electrons. The van der Waals surface area contributed by atoms with E-state index in [1.165, 1.54) is 25.7 Å². The molecule has 22 heavy (non-hydrogen) atoms. The maximum absolute atomic E-state index is 12.3. The van der Waals surface area contributed by atoms with Crippen molar-refractivity contribution in [1.82, 2.24) is 20.4 Å². The molecule has 3 rings (SSSR count). The minimum absolute atomic E-state index is 0.0602. The third kappa shape index (κ3) is 4.00. The highest BCUT2D eigenvalue weighted by molar-refractivity contribution is 5.82. The van der Waals surface area contributed by atoms with Crippen LogP contribution in [0.2, 0.25) is 0 Å². The van der Waals surface area contributed by atoms with Gasteiger partial charge in [-0.05, 0) is 31.7 Å². The summed E-state index contributed by atoms with van der Waals surface area (Å²) in [7, 11) is 0. The van der Waals surface area contributed by atoms with Crippen LogP contribution in [0.5, 0.6) is 0 Å². The smallest absolute Gasteiger partial charge is 0.237 e. The molecule has 0 bridgehead atoms. The third-order valence-electron chi connectivity index (χ3n) is 5.82. The largest absolute Gasteiger partial charge is 0.353 e. The van der Waals surface area contributed by atoms with Crippen LogP contribution in [0.4, 0.5) is 0 Å². The van der Waals surface area contributed by atoms with E-state index in [-0.39, 0.29) is 11.9 Å². The van der Waals surface area contributed by atoms with E-state index in [0.29, 0.717) is 6.04 Å². The average molecular weight is 308 g/mol. The Kier molecular flexibility index (Phi) is 5.71. The van der Waals surface area contributed by atoms with Crippen molar-refractivity contribution in [3.8, 4) is 0 Å². The number of nitrogens with zero attached hydrogens (tertiary/aromatic N) is 2. The number of carbonyl (C=O) groups excluding carboxylic acids is 1. The van der Waals surface area contributed by atoms with E-state index < -0.39 is 0 Å². The van der Waals surface area contributed by atoms with Gasteiger partial charge in [0.1, 0.15) is 0 Å². The number of carbonyl (C=O) groups is 1. The van der Waals surface area contributed by atoms with Crippen molar-refractivity contribution in [1.29, 1.82) is 0 Å². The van der Waals surface area contributed by atoms with Crippen LogP contribution in [0, 0.1) is 5.92 Å². The fourth-order valence-corrected chi connectivity index (χ4v) is 4.31. The molecule has 3 fully saturated rings. The molecule has 5 nitrogen and oxygen atoms in total. The molecule has 0 aromatic heterocycles. The maximum atomic E-state index is 12.3. The van der Waals surface area contributed by atoms with Crippen molar-refractivity contribution in [3.63, 3.8) is 0 Å². The Hall–Kier alpha value is -0.650. The van der Waals surface area contributed by atoms with Crippen LogP contribution in [0.3, 0.4) is 0 Å². The Labute approximate surface area is 134 Å². The minimum Gasteiger partial charge on any atom is -0.353 e. The first kappa shape index (κ1) is 16.2. The van der Waals surface area contributed by atoms with E-state index >= 15 is 0 Å². The fraction of sp³-hybridized carbons (Fsp3) is 0.941. The summed E-state index contributed by atoms with van der Waals surface area (Å²) in [6, 6.07) is 0.664. The second-order valence-electron chi connectivity index (χ2n) is 7.17. The van der Waals surface area contributed by atoms with Gasteiger partial charge >= 0.3 is 0 Å². The summed E-state index contributed by atoms with van der Waals surface area (Å²) in [6.07, 6.45) is 6.29. The standard InChI is InChI=1S/C17H32N4O/c1-2-20-9-11-21(12-10-20)8-7-18-17(22)16-13-14-5-3-4-6-15(14)19-16/h14-16,19H,2-13H2,1H3,(H,18,22). The van der Waals surface area contributed by atoms with Crippen LogP contribution in [-0.4, -0.2) is 73.6 Å². The van der Waals surface area contributed by atoms with Crippen LogP contribution in [0.25, 0.3) is 0 Å². The highest BCUT2D eigenvalue weighted by Gasteiger charge is 2.37. The van der Waals surface area contributed by atoms with Crippen LogP contribution in [-0.2, 0) is 4.79 Å². The lowest BCUT2D eigenvalue weighted by Gasteiger charge is -2.34. The number of hydrogen-bond donors (Lipinski definition) is 2. The third-order valence-corrected chi connectivity index (χ3v) is 5.82. The highest BCUT2D eigenvalue weighted by atomic mass is 16.2. The van der Waals surface area contributed by atoms with Crippen molar-refractivity contribution < 1.29 is 4.79 Å². The van der Waals surface area contributed by atoms with Gasteiger partial charge in [0.2, 0.25) is 5.91 Å². The predicted octanol–water partition coefficient (Wildman–Crippen LogP) is 0.661. The first-order valence-corrected chi connectivity index (χ1v) is 9.24. The molecular weight excluding hydrogens is 276 g/mol. The van der Waals surface area contributed by atoms with Gasteiger partial charge in [-0.3, -0.25) is 9.69 Å². The lowest BCUT2D eigenvalue weighted by atomic mass is 9.85. The number of fused-ring (bicyclic) bond motifs is 1. The number of amides is 1. The number of piperazine rings is 1. The molecule has 0 spiro atoms. The fourth-order valence-electron chi connectivity index (χ4n) is 4.31. The predicted molar refractivity (Wildman–Crippen MR) is 88.9 cm³/mol. The number of likely N-dealkylation sites (N-methyl/N-ethyl adjacent to an activating group) is 1. The Bertz CT molecular complexity index is 354. The van der Waals surface area contributed by atoms with Gasteiger partial charge in [0.15, 0.2) is 0 Å². The van der Waals surface area contributed by atoms with Crippen molar-refractivity contribution in [2.45, 2.75) is 51.1 Å². The molecule has 1 saturated carbocycles. The summed E-state index contributed by atoms with van der Waals surface area (Å²) in [6.45, 7) is 9.75. The Morgan fingerprint density at radius 3 is 2.59 bits per heavy atom. The van der Waals surface area contributed by atoms with Gasteiger partial charge in [-0.1, -0.05) is 19.8 Å². The molecule has 126 valence electrons. The van der Waals surface area contributed by atoms with E-state index in [1.54, 1.807) is 0 Å². The van der Waals surface area contributed by atoms with Gasteiger partial charge in [-0.25, -0.2) is 0 Å². The zero-order chi connectivity index (χ0) is 15.4. The average Bonchev–Trinajstić information content (AvgIpc) is 2.99. The zero-order valence-electron chi connectivity index (χ0n) is 14.0. The van der Waals surface area contributed by atoms with E-state index in [9.17, 15) is 4.79 Å². The molecule has 3 unspecified atom stereocenters. The molecular formula is C17H32N4O.